The lowest BCUT2D eigenvalue weighted by Crippen LogP contribution is -2.23. The number of benzene rings is 1. The fraction of sp³-hybridized carbons (Fsp3) is 0.438. The molecule has 0 bridgehead atoms. The summed E-state index contributed by atoms with van der Waals surface area (Å²) in [5.41, 5.74) is 1.45. The van der Waals surface area contributed by atoms with Crippen LogP contribution in [0.15, 0.2) is 36.4 Å². The minimum atomic E-state index is -0.647. The van der Waals surface area contributed by atoms with E-state index in [0.29, 0.717) is 11.3 Å². The minimum absolute atomic E-state index is 0.359. The van der Waals surface area contributed by atoms with Crippen molar-refractivity contribution in [1.82, 2.24) is 0 Å². The average Bonchev–Trinajstić information content (AvgIpc) is 2.40. The third kappa shape index (κ3) is 4.61. The van der Waals surface area contributed by atoms with Crippen LogP contribution in [-0.4, -0.2) is 25.3 Å². The largest absolute Gasteiger partial charge is 0.455 e. The number of hydrogen-bond donors (Lipinski definition) is 0. The van der Waals surface area contributed by atoms with Crippen molar-refractivity contribution in [1.29, 1.82) is 0 Å². The molecular formula is C16H23NO3. The van der Waals surface area contributed by atoms with E-state index in [0.717, 1.165) is 18.8 Å². The highest BCUT2D eigenvalue weighted by Gasteiger charge is 2.12. The van der Waals surface area contributed by atoms with Crippen LogP contribution in [0.25, 0.3) is 0 Å². The Kier molecular flexibility index (Phi) is 6.10. The van der Waals surface area contributed by atoms with Gasteiger partial charge in [0.05, 0.1) is 0 Å². The van der Waals surface area contributed by atoms with E-state index in [1.165, 1.54) is 0 Å². The lowest BCUT2D eigenvalue weighted by atomic mass is 10.2. The number of ether oxygens (including phenoxy) is 2. The second-order valence-electron chi connectivity index (χ2n) is 4.54. The molecule has 1 aromatic carbocycles. The molecule has 1 rings (SSSR count). The zero-order chi connectivity index (χ0) is 15.1. The lowest BCUT2D eigenvalue weighted by molar-refractivity contribution is -0.156. The van der Waals surface area contributed by atoms with E-state index in [2.05, 4.69) is 25.3 Å². The molecule has 0 saturated carbocycles. The zero-order valence-electron chi connectivity index (χ0n) is 12.7. The summed E-state index contributed by atoms with van der Waals surface area (Å²) in [5.74, 6) is 0.230. The Morgan fingerprint density at radius 3 is 2.55 bits per heavy atom. The fourth-order valence-corrected chi connectivity index (χ4v) is 1.81. The topological polar surface area (TPSA) is 38.8 Å². The molecule has 1 atom stereocenters. The molecule has 0 spiro atoms. The Hall–Kier alpha value is -1.97. The summed E-state index contributed by atoms with van der Waals surface area (Å²) in [4.78, 5) is 13.6. The second-order valence-corrected chi connectivity index (χ2v) is 4.54. The molecule has 0 aliphatic carbocycles. The molecule has 0 aromatic heterocycles. The zero-order valence-corrected chi connectivity index (χ0v) is 12.7. The number of rotatable bonds is 7. The van der Waals surface area contributed by atoms with Gasteiger partial charge in [0.15, 0.2) is 0 Å². The predicted octanol–water partition coefficient (Wildman–Crippen LogP) is 3.38. The number of esters is 1. The number of hydrogen-bond acceptors (Lipinski definition) is 4. The Morgan fingerprint density at radius 2 is 2.00 bits per heavy atom. The van der Waals surface area contributed by atoms with Gasteiger partial charge in [0.25, 0.3) is 0 Å². The smallest absolute Gasteiger partial charge is 0.336 e. The lowest BCUT2D eigenvalue weighted by Gasteiger charge is -2.22. The molecule has 0 radical (unpaired) electrons. The standard InChI is InChI=1S/C16H23NO3/c1-6-17(7-2)14-9-8-10-15(11-14)19-13(5)20-16(18)12(3)4/h8-11,13H,3,6-7H2,1-2,4-5H3. The summed E-state index contributed by atoms with van der Waals surface area (Å²) in [7, 11) is 0. The maximum Gasteiger partial charge on any atom is 0.336 e. The fourth-order valence-electron chi connectivity index (χ4n) is 1.81. The summed E-state index contributed by atoms with van der Waals surface area (Å²) in [6.07, 6.45) is -0.647. The van der Waals surface area contributed by atoms with Crippen LogP contribution in [0.1, 0.15) is 27.7 Å². The Labute approximate surface area is 121 Å². The van der Waals surface area contributed by atoms with Crippen molar-refractivity contribution in [3.63, 3.8) is 0 Å². The van der Waals surface area contributed by atoms with Crippen molar-refractivity contribution in [3.8, 4) is 5.75 Å². The molecule has 0 saturated heterocycles. The van der Waals surface area contributed by atoms with Crippen molar-refractivity contribution in [2.45, 2.75) is 34.0 Å². The highest BCUT2D eigenvalue weighted by molar-refractivity contribution is 5.87. The SMILES string of the molecule is C=C(C)C(=O)OC(C)Oc1cccc(N(CC)CC)c1. The summed E-state index contributed by atoms with van der Waals surface area (Å²) >= 11 is 0. The summed E-state index contributed by atoms with van der Waals surface area (Å²) in [5, 5.41) is 0. The molecule has 1 unspecified atom stereocenters. The van der Waals surface area contributed by atoms with Crippen molar-refractivity contribution >= 4 is 11.7 Å². The second kappa shape index (κ2) is 7.58. The van der Waals surface area contributed by atoms with Gasteiger partial charge < -0.3 is 14.4 Å². The van der Waals surface area contributed by atoms with E-state index >= 15 is 0 Å². The van der Waals surface area contributed by atoms with Gasteiger partial charge in [0, 0.05) is 37.3 Å². The van der Waals surface area contributed by atoms with Crippen LogP contribution in [0.2, 0.25) is 0 Å². The van der Waals surface area contributed by atoms with Gasteiger partial charge in [-0.25, -0.2) is 4.79 Å². The molecule has 20 heavy (non-hydrogen) atoms. The summed E-state index contributed by atoms with van der Waals surface area (Å²) in [6, 6.07) is 7.75. The van der Waals surface area contributed by atoms with Crippen molar-refractivity contribution < 1.29 is 14.3 Å². The van der Waals surface area contributed by atoms with Crippen LogP contribution in [0.3, 0.4) is 0 Å². The van der Waals surface area contributed by atoms with Crippen LogP contribution in [0.5, 0.6) is 5.75 Å². The first-order valence-corrected chi connectivity index (χ1v) is 6.86. The molecule has 4 nitrogen and oxygen atoms in total. The van der Waals surface area contributed by atoms with Crippen molar-refractivity contribution in [2.75, 3.05) is 18.0 Å². The predicted molar refractivity (Wildman–Crippen MR) is 81.0 cm³/mol. The van der Waals surface area contributed by atoms with Crippen molar-refractivity contribution in [3.05, 3.63) is 36.4 Å². The quantitative estimate of drug-likeness (QED) is 0.435. The first-order valence-electron chi connectivity index (χ1n) is 6.86. The Balaban J connectivity index is 2.70. The summed E-state index contributed by atoms with van der Waals surface area (Å²) in [6.45, 7) is 12.9. The Bertz CT molecular complexity index is 467. The highest BCUT2D eigenvalue weighted by Crippen LogP contribution is 2.22. The molecule has 0 fully saturated rings. The van der Waals surface area contributed by atoms with E-state index in [1.54, 1.807) is 13.8 Å². The van der Waals surface area contributed by atoms with E-state index < -0.39 is 12.3 Å². The average molecular weight is 277 g/mol. The Morgan fingerprint density at radius 1 is 1.35 bits per heavy atom. The van der Waals surface area contributed by atoms with E-state index in [1.807, 2.05) is 24.3 Å². The maximum atomic E-state index is 11.4. The number of nitrogens with zero attached hydrogens (tertiary/aromatic N) is 1. The molecule has 110 valence electrons. The van der Waals surface area contributed by atoms with Gasteiger partial charge in [-0.3, -0.25) is 0 Å². The molecule has 0 aliphatic heterocycles. The molecule has 0 amide bonds. The van der Waals surface area contributed by atoms with Crippen LogP contribution >= 0.6 is 0 Å². The monoisotopic (exact) mass is 277 g/mol. The van der Waals surface area contributed by atoms with Crippen LogP contribution < -0.4 is 9.64 Å². The molecule has 1 aromatic rings. The van der Waals surface area contributed by atoms with Gasteiger partial charge in [-0.1, -0.05) is 12.6 Å². The molecule has 0 N–H and O–H groups in total. The summed E-state index contributed by atoms with van der Waals surface area (Å²) < 4.78 is 10.7. The van der Waals surface area contributed by atoms with Crippen LogP contribution in [0.4, 0.5) is 5.69 Å². The van der Waals surface area contributed by atoms with E-state index in [4.69, 9.17) is 9.47 Å². The van der Waals surface area contributed by atoms with E-state index in [-0.39, 0.29) is 0 Å². The minimum Gasteiger partial charge on any atom is -0.455 e. The number of carbonyl (C=O) groups excluding carboxylic acids is 1. The maximum absolute atomic E-state index is 11.4. The van der Waals surface area contributed by atoms with Gasteiger partial charge >= 0.3 is 5.97 Å². The van der Waals surface area contributed by atoms with Crippen molar-refractivity contribution in [2.24, 2.45) is 0 Å². The number of anilines is 1. The van der Waals surface area contributed by atoms with Gasteiger partial charge in [0.2, 0.25) is 6.29 Å². The molecule has 0 heterocycles. The van der Waals surface area contributed by atoms with Gasteiger partial charge in [-0.2, -0.15) is 0 Å². The molecular weight excluding hydrogens is 254 g/mol. The van der Waals surface area contributed by atoms with Crippen LogP contribution in [-0.2, 0) is 9.53 Å². The first-order chi connectivity index (χ1) is 9.47. The van der Waals surface area contributed by atoms with Crippen LogP contribution in [0, 0.1) is 0 Å². The molecule has 4 heteroatoms. The molecule has 0 aliphatic rings. The van der Waals surface area contributed by atoms with E-state index in [9.17, 15) is 4.79 Å². The van der Waals surface area contributed by atoms with Gasteiger partial charge in [-0.15, -0.1) is 0 Å². The van der Waals surface area contributed by atoms with Gasteiger partial charge in [0.1, 0.15) is 5.75 Å². The first kappa shape index (κ1) is 16.1. The number of carbonyl (C=O) groups is 1. The highest BCUT2D eigenvalue weighted by atomic mass is 16.7. The third-order valence-corrected chi connectivity index (χ3v) is 2.87. The third-order valence-electron chi connectivity index (χ3n) is 2.87. The normalized spacial score (nSPS) is 11.6. The van der Waals surface area contributed by atoms with Gasteiger partial charge in [-0.05, 0) is 32.9 Å².